The summed E-state index contributed by atoms with van der Waals surface area (Å²) in [5.41, 5.74) is 2.24. The van der Waals surface area contributed by atoms with Crippen LogP contribution in [0.1, 0.15) is 23.6 Å². The minimum Gasteiger partial charge on any atom is -0.490 e. The Bertz CT molecular complexity index is 1140. The van der Waals surface area contributed by atoms with Crippen LogP contribution in [-0.2, 0) is 17.9 Å². The van der Waals surface area contributed by atoms with Crippen LogP contribution in [0.25, 0.3) is 6.08 Å². The molecular weight excluding hydrogens is 407 g/mol. The predicted octanol–water partition coefficient (Wildman–Crippen LogP) is 5.03. The first kappa shape index (κ1) is 22.6. The summed E-state index contributed by atoms with van der Waals surface area (Å²) in [5.74, 6) is 0.173. The van der Waals surface area contributed by atoms with Gasteiger partial charge in [-0.15, -0.1) is 0 Å². The van der Waals surface area contributed by atoms with Crippen LogP contribution >= 0.6 is 0 Å². The summed E-state index contributed by atoms with van der Waals surface area (Å²) >= 11 is 0. The molecule has 0 aliphatic rings. The summed E-state index contributed by atoms with van der Waals surface area (Å²) in [6.45, 7) is 2.76. The highest BCUT2D eigenvalue weighted by Crippen LogP contribution is 2.30. The normalized spacial score (nSPS) is 10.8. The number of carbonyl (C=O) groups excluding carboxylic acids is 1. The Labute approximate surface area is 186 Å². The van der Waals surface area contributed by atoms with Crippen molar-refractivity contribution in [2.24, 2.45) is 0 Å². The number of ether oxygens (including phenoxy) is 2. The second-order valence-electron chi connectivity index (χ2n) is 6.90. The fourth-order valence-corrected chi connectivity index (χ4v) is 2.98. The molecule has 5 nitrogen and oxygen atoms in total. The van der Waals surface area contributed by atoms with Gasteiger partial charge in [-0.05, 0) is 54.0 Å². The van der Waals surface area contributed by atoms with Gasteiger partial charge in [-0.1, -0.05) is 48.5 Å². The lowest BCUT2D eigenvalue weighted by Crippen LogP contribution is -2.23. The van der Waals surface area contributed by atoms with Gasteiger partial charge in [-0.3, -0.25) is 4.79 Å². The topological polar surface area (TPSA) is 71.3 Å². The maximum Gasteiger partial charge on any atom is 0.262 e. The number of rotatable bonds is 9. The van der Waals surface area contributed by atoms with E-state index in [2.05, 4.69) is 5.32 Å². The zero-order valence-corrected chi connectivity index (χ0v) is 17.7. The molecule has 3 aromatic carbocycles. The van der Waals surface area contributed by atoms with E-state index in [1.807, 2.05) is 43.3 Å². The Kier molecular flexibility index (Phi) is 7.99. The number of nitrogens with zero attached hydrogens (tertiary/aromatic N) is 1. The fourth-order valence-electron chi connectivity index (χ4n) is 2.98. The number of amides is 1. The van der Waals surface area contributed by atoms with E-state index in [-0.39, 0.29) is 18.0 Å². The fraction of sp³-hybridized carbons (Fsp3) is 0.154. The number of benzene rings is 3. The van der Waals surface area contributed by atoms with E-state index < -0.39 is 5.91 Å². The summed E-state index contributed by atoms with van der Waals surface area (Å²) in [6, 6.07) is 22.7. The van der Waals surface area contributed by atoms with Crippen molar-refractivity contribution in [3.8, 4) is 17.6 Å². The Morgan fingerprint density at radius 3 is 2.50 bits per heavy atom. The average molecular weight is 430 g/mol. The van der Waals surface area contributed by atoms with Crippen LogP contribution < -0.4 is 14.8 Å². The van der Waals surface area contributed by atoms with Gasteiger partial charge in [0, 0.05) is 6.54 Å². The van der Waals surface area contributed by atoms with Gasteiger partial charge in [-0.2, -0.15) is 5.26 Å². The van der Waals surface area contributed by atoms with Gasteiger partial charge >= 0.3 is 0 Å². The first-order valence-electron chi connectivity index (χ1n) is 10.2. The average Bonchev–Trinajstić information content (AvgIpc) is 2.81. The lowest BCUT2D eigenvalue weighted by Gasteiger charge is -2.13. The monoisotopic (exact) mass is 430 g/mol. The third kappa shape index (κ3) is 6.44. The van der Waals surface area contributed by atoms with Crippen molar-refractivity contribution >= 4 is 12.0 Å². The Hall–Kier alpha value is -4.11. The van der Waals surface area contributed by atoms with E-state index in [0.717, 1.165) is 5.56 Å². The van der Waals surface area contributed by atoms with E-state index in [1.165, 1.54) is 18.2 Å². The molecule has 0 spiro atoms. The SMILES string of the molecule is CCOc1cc(/C=C(/C#N)C(=O)NCc2ccccc2)ccc1OCc1cccc(F)c1. The lowest BCUT2D eigenvalue weighted by atomic mass is 10.1. The molecule has 0 bridgehead atoms. The van der Waals surface area contributed by atoms with Gasteiger partial charge in [0.1, 0.15) is 24.1 Å². The molecule has 3 aromatic rings. The highest BCUT2D eigenvalue weighted by Gasteiger charge is 2.11. The highest BCUT2D eigenvalue weighted by molar-refractivity contribution is 6.01. The van der Waals surface area contributed by atoms with E-state index in [9.17, 15) is 14.4 Å². The molecule has 1 amide bonds. The van der Waals surface area contributed by atoms with Gasteiger partial charge in [0.25, 0.3) is 5.91 Å². The molecule has 0 saturated heterocycles. The van der Waals surface area contributed by atoms with Crippen LogP contribution in [-0.4, -0.2) is 12.5 Å². The molecular formula is C26H23FN2O3. The molecule has 0 aliphatic carbocycles. The van der Waals surface area contributed by atoms with Crippen molar-refractivity contribution in [3.63, 3.8) is 0 Å². The van der Waals surface area contributed by atoms with Crippen molar-refractivity contribution in [1.29, 1.82) is 5.26 Å². The number of halogens is 1. The van der Waals surface area contributed by atoms with Crippen LogP contribution in [0.4, 0.5) is 4.39 Å². The zero-order chi connectivity index (χ0) is 22.8. The summed E-state index contributed by atoms with van der Waals surface area (Å²) in [4.78, 5) is 12.4. The van der Waals surface area contributed by atoms with Crippen molar-refractivity contribution in [2.45, 2.75) is 20.1 Å². The molecule has 0 heterocycles. The van der Waals surface area contributed by atoms with Gasteiger partial charge in [0.05, 0.1) is 6.61 Å². The first-order chi connectivity index (χ1) is 15.6. The second kappa shape index (κ2) is 11.3. The molecule has 32 heavy (non-hydrogen) atoms. The molecule has 1 N–H and O–H groups in total. The number of nitriles is 1. The standard InChI is InChI=1S/C26H23FN2O3/c1-2-31-25-15-20(11-12-24(25)32-18-21-9-6-10-23(27)14-21)13-22(16-28)26(30)29-17-19-7-4-3-5-8-19/h3-15H,2,17-18H2,1H3,(H,29,30)/b22-13-. The van der Waals surface area contributed by atoms with Crippen molar-refractivity contribution < 1.29 is 18.7 Å². The molecule has 0 aliphatic heterocycles. The maximum atomic E-state index is 13.4. The highest BCUT2D eigenvalue weighted by atomic mass is 19.1. The number of hydrogen-bond acceptors (Lipinski definition) is 4. The third-order valence-electron chi connectivity index (χ3n) is 4.52. The first-order valence-corrected chi connectivity index (χ1v) is 10.2. The molecule has 0 radical (unpaired) electrons. The summed E-state index contributed by atoms with van der Waals surface area (Å²) in [6.07, 6.45) is 1.50. The molecule has 0 atom stereocenters. The smallest absolute Gasteiger partial charge is 0.262 e. The summed E-state index contributed by atoms with van der Waals surface area (Å²) < 4.78 is 24.8. The van der Waals surface area contributed by atoms with E-state index in [0.29, 0.717) is 35.8 Å². The van der Waals surface area contributed by atoms with Crippen LogP contribution in [0.2, 0.25) is 0 Å². The quantitative estimate of drug-likeness (QED) is 0.382. The number of hydrogen-bond donors (Lipinski definition) is 1. The molecule has 162 valence electrons. The largest absolute Gasteiger partial charge is 0.490 e. The Morgan fingerprint density at radius 1 is 1.00 bits per heavy atom. The molecule has 6 heteroatoms. The molecule has 0 aromatic heterocycles. The van der Waals surface area contributed by atoms with E-state index >= 15 is 0 Å². The second-order valence-corrected chi connectivity index (χ2v) is 6.90. The van der Waals surface area contributed by atoms with E-state index in [4.69, 9.17) is 9.47 Å². The number of nitrogens with one attached hydrogen (secondary N) is 1. The maximum absolute atomic E-state index is 13.4. The van der Waals surface area contributed by atoms with Crippen molar-refractivity contribution in [2.75, 3.05) is 6.61 Å². The van der Waals surface area contributed by atoms with Crippen molar-refractivity contribution in [3.05, 3.63) is 101 Å². The molecule has 0 unspecified atom stereocenters. The Morgan fingerprint density at radius 2 is 1.78 bits per heavy atom. The van der Waals surface area contributed by atoms with Gasteiger partial charge in [0.15, 0.2) is 11.5 Å². The number of carbonyl (C=O) groups is 1. The minimum atomic E-state index is -0.458. The van der Waals surface area contributed by atoms with Gasteiger partial charge < -0.3 is 14.8 Å². The van der Waals surface area contributed by atoms with Gasteiger partial charge in [-0.25, -0.2) is 4.39 Å². The van der Waals surface area contributed by atoms with Gasteiger partial charge in [0.2, 0.25) is 0 Å². The summed E-state index contributed by atoms with van der Waals surface area (Å²) in [7, 11) is 0. The van der Waals surface area contributed by atoms with Crippen LogP contribution in [0.3, 0.4) is 0 Å². The van der Waals surface area contributed by atoms with Crippen molar-refractivity contribution in [1.82, 2.24) is 5.32 Å². The molecule has 0 fully saturated rings. The lowest BCUT2D eigenvalue weighted by molar-refractivity contribution is -0.117. The third-order valence-corrected chi connectivity index (χ3v) is 4.52. The van der Waals surface area contributed by atoms with Crippen LogP contribution in [0.5, 0.6) is 11.5 Å². The minimum absolute atomic E-state index is 0.0168. The summed E-state index contributed by atoms with van der Waals surface area (Å²) in [5, 5.41) is 12.2. The van der Waals surface area contributed by atoms with Crippen LogP contribution in [0, 0.1) is 17.1 Å². The zero-order valence-electron chi connectivity index (χ0n) is 17.7. The Balaban J connectivity index is 1.72. The van der Waals surface area contributed by atoms with Crippen LogP contribution in [0.15, 0.2) is 78.4 Å². The molecule has 3 rings (SSSR count). The predicted molar refractivity (Wildman–Crippen MR) is 120 cm³/mol. The van der Waals surface area contributed by atoms with E-state index in [1.54, 1.807) is 30.3 Å². The molecule has 0 saturated carbocycles.